The van der Waals surface area contributed by atoms with Gasteiger partial charge < -0.3 is 0 Å². The lowest BCUT2D eigenvalue weighted by Crippen LogP contribution is -2.14. The van der Waals surface area contributed by atoms with E-state index in [4.69, 9.17) is 0 Å². The Hall–Kier alpha value is -1.13. The Bertz CT molecular complexity index is 406. The van der Waals surface area contributed by atoms with Crippen LogP contribution < -0.4 is 10.6 Å². The molecular formula is C15H15P. The minimum atomic E-state index is -0.0988. The molecule has 16 heavy (non-hydrogen) atoms. The summed E-state index contributed by atoms with van der Waals surface area (Å²) in [5.74, 6) is 0. The van der Waals surface area contributed by atoms with Crippen LogP contribution in [-0.4, -0.2) is 5.66 Å². The first-order valence-corrected chi connectivity index (χ1v) is 7.25. The summed E-state index contributed by atoms with van der Waals surface area (Å²) in [6.45, 7) is 0. The lowest BCUT2D eigenvalue weighted by molar-refractivity contribution is 1.49. The van der Waals surface area contributed by atoms with Crippen molar-refractivity contribution < 1.29 is 0 Å². The second-order valence-electron chi connectivity index (χ2n) is 4.27. The fraction of sp³-hybridized carbons (Fsp3) is 0.200. The highest BCUT2D eigenvalue weighted by Gasteiger charge is 2.32. The summed E-state index contributed by atoms with van der Waals surface area (Å²) in [6, 6.07) is 22.0. The van der Waals surface area contributed by atoms with Crippen LogP contribution in [0.3, 0.4) is 0 Å². The molecule has 0 unspecified atom stereocenters. The average molecular weight is 226 g/mol. The molecule has 0 heterocycles. The largest absolute Gasteiger partial charge is 0.0622 e. The van der Waals surface area contributed by atoms with Crippen LogP contribution in [0.5, 0.6) is 0 Å². The maximum atomic E-state index is 2.29. The molecule has 3 rings (SSSR count). The van der Waals surface area contributed by atoms with Crippen LogP contribution in [0.4, 0.5) is 0 Å². The van der Waals surface area contributed by atoms with Gasteiger partial charge in [-0.05, 0) is 37.0 Å². The van der Waals surface area contributed by atoms with Gasteiger partial charge in [-0.25, -0.2) is 0 Å². The maximum Gasteiger partial charge on any atom is -0.0128 e. The van der Waals surface area contributed by atoms with Crippen LogP contribution in [0.1, 0.15) is 12.8 Å². The van der Waals surface area contributed by atoms with E-state index in [0.29, 0.717) is 0 Å². The second-order valence-corrected chi connectivity index (χ2v) is 6.78. The summed E-state index contributed by atoms with van der Waals surface area (Å²) in [5.41, 5.74) is 0.930. The average Bonchev–Trinajstić information content (AvgIpc) is 3.17. The van der Waals surface area contributed by atoms with Crippen molar-refractivity contribution in [1.82, 2.24) is 0 Å². The molecule has 0 nitrogen and oxygen atoms in total. The second kappa shape index (κ2) is 4.39. The summed E-state index contributed by atoms with van der Waals surface area (Å²) < 4.78 is 0. The van der Waals surface area contributed by atoms with E-state index < -0.39 is 0 Å². The Labute approximate surface area is 98.1 Å². The minimum Gasteiger partial charge on any atom is -0.0622 e. The Morgan fingerprint density at radius 3 is 1.50 bits per heavy atom. The monoisotopic (exact) mass is 226 g/mol. The normalized spacial score (nSPS) is 15.3. The summed E-state index contributed by atoms with van der Waals surface area (Å²) in [6.07, 6.45) is 2.82. The molecule has 0 spiro atoms. The molecule has 0 radical (unpaired) electrons. The number of hydrogen-bond donors (Lipinski definition) is 0. The topological polar surface area (TPSA) is 0 Å². The van der Waals surface area contributed by atoms with E-state index in [0.717, 1.165) is 5.66 Å². The third-order valence-electron chi connectivity index (χ3n) is 2.98. The number of rotatable bonds is 3. The van der Waals surface area contributed by atoms with Gasteiger partial charge in [0, 0.05) is 0 Å². The van der Waals surface area contributed by atoms with Gasteiger partial charge in [-0.3, -0.25) is 0 Å². The highest BCUT2D eigenvalue weighted by atomic mass is 31.1. The van der Waals surface area contributed by atoms with Crippen LogP contribution in [-0.2, 0) is 0 Å². The molecule has 80 valence electrons. The molecule has 2 aromatic carbocycles. The van der Waals surface area contributed by atoms with Gasteiger partial charge in [-0.2, -0.15) is 0 Å². The van der Waals surface area contributed by atoms with Crippen molar-refractivity contribution >= 4 is 18.5 Å². The number of hydrogen-bond acceptors (Lipinski definition) is 0. The van der Waals surface area contributed by atoms with E-state index in [1.165, 1.54) is 23.5 Å². The van der Waals surface area contributed by atoms with E-state index in [1.54, 1.807) is 0 Å². The molecule has 1 aliphatic rings. The van der Waals surface area contributed by atoms with Crippen LogP contribution >= 0.6 is 7.92 Å². The molecule has 0 bridgehead atoms. The Kier molecular flexibility index (Phi) is 2.76. The fourth-order valence-corrected chi connectivity index (χ4v) is 4.87. The summed E-state index contributed by atoms with van der Waals surface area (Å²) in [4.78, 5) is 0. The zero-order valence-electron chi connectivity index (χ0n) is 9.21. The first-order valence-electron chi connectivity index (χ1n) is 5.84. The molecular weight excluding hydrogens is 211 g/mol. The van der Waals surface area contributed by atoms with Crippen molar-refractivity contribution in [2.75, 3.05) is 0 Å². The van der Waals surface area contributed by atoms with Crippen LogP contribution in [0.25, 0.3) is 0 Å². The smallest absolute Gasteiger partial charge is 0.0128 e. The first kappa shape index (κ1) is 10.1. The van der Waals surface area contributed by atoms with E-state index in [9.17, 15) is 0 Å². The van der Waals surface area contributed by atoms with Gasteiger partial charge in [-0.15, -0.1) is 0 Å². The molecule has 0 aromatic heterocycles. The molecule has 0 saturated heterocycles. The summed E-state index contributed by atoms with van der Waals surface area (Å²) in [7, 11) is -0.0988. The zero-order chi connectivity index (χ0) is 10.8. The van der Waals surface area contributed by atoms with E-state index in [2.05, 4.69) is 60.7 Å². The van der Waals surface area contributed by atoms with Gasteiger partial charge in [0.25, 0.3) is 0 Å². The van der Waals surface area contributed by atoms with Crippen LogP contribution in [0, 0.1) is 0 Å². The van der Waals surface area contributed by atoms with Crippen molar-refractivity contribution in [1.29, 1.82) is 0 Å². The molecule has 0 atom stereocenters. The SMILES string of the molecule is c1ccc(P(c2ccccc2)C2CC2)cc1. The van der Waals surface area contributed by atoms with Crippen molar-refractivity contribution in [2.45, 2.75) is 18.5 Å². The van der Waals surface area contributed by atoms with Crippen molar-refractivity contribution in [3.05, 3.63) is 60.7 Å². The van der Waals surface area contributed by atoms with Gasteiger partial charge in [0.05, 0.1) is 0 Å². The highest BCUT2D eigenvalue weighted by Crippen LogP contribution is 2.51. The van der Waals surface area contributed by atoms with Gasteiger partial charge in [0.15, 0.2) is 0 Å². The minimum absolute atomic E-state index is 0.0988. The molecule has 0 amide bonds. The zero-order valence-corrected chi connectivity index (χ0v) is 10.1. The van der Waals surface area contributed by atoms with Crippen molar-refractivity contribution in [2.24, 2.45) is 0 Å². The van der Waals surface area contributed by atoms with E-state index in [-0.39, 0.29) is 7.92 Å². The highest BCUT2D eigenvalue weighted by molar-refractivity contribution is 7.73. The summed E-state index contributed by atoms with van der Waals surface area (Å²) in [5, 5.41) is 3.07. The summed E-state index contributed by atoms with van der Waals surface area (Å²) >= 11 is 0. The van der Waals surface area contributed by atoms with E-state index in [1.807, 2.05) is 0 Å². The molecule has 1 fully saturated rings. The quantitative estimate of drug-likeness (QED) is 0.704. The van der Waals surface area contributed by atoms with Crippen molar-refractivity contribution in [3.8, 4) is 0 Å². The Morgan fingerprint density at radius 2 is 1.12 bits per heavy atom. The molecule has 1 heteroatoms. The molecule has 0 aliphatic heterocycles. The lowest BCUT2D eigenvalue weighted by Gasteiger charge is -2.17. The molecule has 0 N–H and O–H groups in total. The molecule has 1 aliphatic carbocycles. The van der Waals surface area contributed by atoms with Crippen LogP contribution in [0.2, 0.25) is 0 Å². The van der Waals surface area contributed by atoms with E-state index >= 15 is 0 Å². The Morgan fingerprint density at radius 1 is 0.688 bits per heavy atom. The van der Waals surface area contributed by atoms with Gasteiger partial charge in [-0.1, -0.05) is 60.7 Å². The molecule has 1 saturated carbocycles. The standard InChI is InChI=1S/C15H15P/c1-3-7-13(8-4-1)16(15-11-12-15)14-9-5-2-6-10-14/h1-10,15H,11-12H2. The van der Waals surface area contributed by atoms with Crippen molar-refractivity contribution in [3.63, 3.8) is 0 Å². The number of benzene rings is 2. The van der Waals surface area contributed by atoms with Crippen LogP contribution in [0.15, 0.2) is 60.7 Å². The predicted octanol–water partition coefficient (Wildman–Crippen LogP) is 3.28. The predicted molar refractivity (Wildman–Crippen MR) is 72.1 cm³/mol. The fourth-order valence-electron chi connectivity index (χ4n) is 2.08. The third-order valence-corrected chi connectivity index (χ3v) is 5.94. The first-order chi connectivity index (χ1) is 7.95. The van der Waals surface area contributed by atoms with Gasteiger partial charge >= 0.3 is 0 Å². The van der Waals surface area contributed by atoms with Gasteiger partial charge in [0.2, 0.25) is 0 Å². The Balaban J connectivity index is 1.99. The third kappa shape index (κ3) is 2.03. The molecule has 2 aromatic rings. The van der Waals surface area contributed by atoms with Gasteiger partial charge in [0.1, 0.15) is 0 Å². The maximum absolute atomic E-state index is 2.29. The lowest BCUT2D eigenvalue weighted by atomic mass is 10.4.